The minimum Gasteiger partial charge on any atom is -0.478 e. The normalized spacial score (nSPS) is 11.2. The molecule has 1 aromatic rings. The number of aromatic nitrogens is 1. The number of alkyl halides is 3. The third-order valence-electron chi connectivity index (χ3n) is 1.28. The molecule has 4 nitrogen and oxygen atoms in total. The highest BCUT2D eigenvalue weighted by Crippen LogP contribution is 2.25. The van der Waals surface area contributed by atoms with Crippen LogP contribution in [0.4, 0.5) is 13.2 Å². The van der Waals surface area contributed by atoms with Crippen LogP contribution >= 0.6 is 15.9 Å². The van der Waals surface area contributed by atoms with Crippen LogP contribution in [0, 0.1) is 0 Å². The summed E-state index contributed by atoms with van der Waals surface area (Å²) < 4.78 is 38.7. The number of hydrogen-bond acceptors (Lipinski definition) is 3. The lowest BCUT2D eigenvalue weighted by molar-refractivity contribution is -0.274. The van der Waals surface area contributed by atoms with E-state index in [9.17, 15) is 18.0 Å². The molecule has 0 amide bonds. The van der Waals surface area contributed by atoms with Crippen molar-refractivity contribution in [3.63, 3.8) is 0 Å². The van der Waals surface area contributed by atoms with E-state index < -0.39 is 23.6 Å². The molecule has 15 heavy (non-hydrogen) atoms. The molecule has 0 bridgehead atoms. The number of carboxylic acids is 1. The van der Waals surface area contributed by atoms with E-state index in [1.165, 1.54) is 0 Å². The zero-order chi connectivity index (χ0) is 11.6. The predicted molar refractivity (Wildman–Crippen MR) is 45.6 cm³/mol. The Morgan fingerprint density at radius 2 is 2.13 bits per heavy atom. The molecule has 82 valence electrons. The van der Waals surface area contributed by atoms with E-state index in [2.05, 4.69) is 25.7 Å². The lowest BCUT2D eigenvalue weighted by Crippen LogP contribution is -2.17. The van der Waals surface area contributed by atoms with Gasteiger partial charge in [-0.1, -0.05) is 0 Å². The molecule has 0 spiro atoms. The van der Waals surface area contributed by atoms with E-state index in [0.717, 1.165) is 12.3 Å². The Labute approximate surface area is 89.8 Å². The molecular weight excluding hydrogens is 283 g/mol. The fraction of sp³-hybridized carbons (Fsp3) is 0.143. The maximum Gasteiger partial charge on any atom is 0.573 e. The first-order valence-electron chi connectivity index (χ1n) is 3.44. The van der Waals surface area contributed by atoms with Gasteiger partial charge in [-0.05, 0) is 22.0 Å². The lowest BCUT2D eigenvalue weighted by atomic mass is 10.3. The van der Waals surface area contributed by atoms with Crippen LogP contribution in [0.1, 0.15) is 10.4 Å². The Kier molecular flexibility index (Phi) is 3.18. The zero-order valence-electron chi connectivity index (χ0n) is 6.88. The molecule has 1 rings (SSSR count). The molecule has 0 aliphatic heterocycles. The van der Waals surface area contributed by atoms with Crippen molar-refractivity contribution in [2.24, 2.45) is 0 Å². The van der Waals surface area contributed by atoms with Crippen LogP contribution in [0.2, 0.25) is 0 Å². The fourth-order valence-corrected chi connectivity index (χ4v) is 1.15. The molecule has 0 radical (unpaired) electrons. The van der Waals surface area contributed by atoms with Crippen molar-refractivity contribution in [3.8, 4) is 5.75 Å². The standard InChI is InChI=1S/C7H3BrF3NO3/c8-5-4(6(13)14)1-3(2-12-5)15-7(9,10)11/h1-2H,(H,13,14). The molecule has 0 unspecified atom stereocenters. The average Bonchev–Trinajstić information content (AvgIpc) is 2.05. The Balaban J connectivity index is 3.03. The molecule has 1 N–H and O–H groups in total. The van der Waals surface area contributed by atoms with Crippen molar-refractivity contribution in [2.75, 3.05) is 0 Å². The van der Waals surface area contributed by atoms with Crippen molar-refractivity contribution in [3.05, 3.63) is 22.4 Å². The minimum absolute atomic E-state index is 0.0653. The minimum atomic E-state index is -4.87. The van der Waals surface area contributed by atoms with Crippen LogP contribution in [-0.2, 0) is 0 Å². The summed E-state index contributed by atoms with van der Waals surface area (Å²) in [6.45, 7) is 0. The van der Waals surface area contributed by atoms with Gasteiger partial charge in [-0.2, -0.15) is 0 Å². The average molecular weight is 286 g/mol. The maximum absolute atomic E-state index is 11.8. The van der Waals surface area contributed by atoms with Gasteiger partial charge < -0.3 is 9.84 Å². The van der Waals surface area contributed by atoms with Crippen LogP contribution in [0.3, 0.4) is 0 Å². The molecule has 1 heterocycles. The summed E-state index contributed by atoms with van der Waals surface area (Å²) in [6, 6.07) is 0.729. The van der Waals surface area contributed by atoms with Crippen molar-refractivity contribution in [1.82, 2.24) is 4.98 Å². The number of nitrogens with zero attached hydrogens (tertiary/aromatic N) is 1. The summed E-state index contributed by atoms with van der Waals surface area (Å²) in [4.78, 5) is 13.9. The van der Waals surface area contributed by atoms with E-state index in [-0.39, 0.29) is 4.60 Å². The van der Waals surface area contributed by atoms with Crippen LogP contribution in [0.25, 0.3) is 0 Å². The van der Waals surface area contributed by atoms with E-state index in [1.807, 2.05) is 0 Å². The van der Waals surface area contributed by atoms with Gasteiger partial charge in [0.1, 0.15) is 10.4 Å². The summed E-state index contributed by atoms with van der Waals surface area (Å²) in [5, 5.41) is 8.58. The molecule has 0 fully saturated rings. The SMILES string of the molecule is O=C(O)c1cc(OC(F)(F)F)cnc1Br. The Bertz CT molecular complexity index is 394. The first-order valence-corrected chi connectivity index (χ1v) is 4.23. The highest BCUT2D eigenvalue weighted by atomic mass is 79.9. The molecule has 8 heteroatoms. The van der Waals surface area contributed by atoms with E-state index in [0.29, 0.717) is 0 Å². The summed E-state index contributed by atoms with van der Waals surface area (Å²) in [5.74, 6) is -2.08. The van der Waals surface area contributed by atoms with Gasteiger partial charge >= 0.3 is 12.3 Å². The molecule has 1 aromatic heterocycles. The third kappa shape index (κ3) is 3.39. The predicted octanol–water partition coefficient (Wildman–Crippen LogP) is 2.44. The molecule has 0 saturated heterocycles. The van der Waals surface area contributed by atoms with Gasteiger partial charge in [0.05, 0.1) is 11.8 Å². The van der Waals surface area contributed by atoms with E-state index in [4.69, 9.17) is 5.11 Å². The molecular formula is C7H3BrF3NO3. The van der Waals surface area contributed by atoms with E-state index >= 15 is 0 Å². The molecule has 0 saturated carbocycles. The van der Waals surface area contributed by atoms with Gasteiger partial charge in [0.25, 0.3) is 0 Å². The lowest BCUT2D eigenvalue weighted by Gasteiger charge is -2.08. The van der Waals surface area contributed by atoms with Crippen molar-refractivity contribution in [2.45, 2.75) is 6.36 Å². The second kappa shape index (κ2) is 4.05. The van der Waals surface area contributed by atoms with Gasteiger partial charge in [-0.3, -0.25) is 0 Å². The molecule has 0 atom stereocenters. The topological polar surface area (TPSA) is 59.4 Å². The van der Waals surface area contributed by atoms with E-state index in [1.54, 1.807) is 0 Å². The fourth-order valence-electron chi connectivity index (χ4n) is 0.768. The quantitative estimate of drug-likeness (QED) is 0.848. The number of halogens is 4. The number of carbonyl (C=O) groups is 1. The summed E-state index contributed by atoms with van der Waals surface area (Å²) in [5.41, 5.74) is -0.406. The molecule has 0 aliphatic carbocycles. The van der Waals surface area contributed by atoms with Crippen LogP contribution in [0.15, 0.2) is 16.9 Å². The van der Waals surface area contributed by atoms with Gasteiger partial charge in [-0.25, -0.2) is 9.78 Å². The molecule has 0 aromatic carbocycles. The highest BCUT2D eigenvalue weighted by molar-refractivity contribution is 9.10. The third-order valence-corrected chi connectivity index (χ3v) is 1.91. The van der Waals surface area contributed by atoms with Crippen LogP contribution < -0.4 is 4.74 Å². The van der Waals surface area contributed by atoms with Crippen molar-refractivity contribution >= 4 is 21.9 Å². The first-order chi connectivity index (χ1) is 6.79. The van der Waals surface area contributed by atoms with Crippen LogP contribution in [0.5, 0.6) is 5.75 Å². The first kappa shape index (κ1) is 11.8. The number of carboxylic acid groups (broad SMARTS) is 1. The van der Waals surface area contributed by atoms with Crippen molar-refractivity contribution < 1.29 is 27.8 Å². The number of rotatable bonds is 2. The number of pyridine rings is 1. The number of ether oxygens (including phenoxy) is 1. The number of aromatic carboxylic acids is 1. The smallest absolute Gasteiger partial charge is 0.478 e. The molecule has 0 aliphatic rings. The van der Waals surface area contributed by atoms with Gasteiger partial charge in [0.15, 0.2) is 0 Å². The number of hydrogen-bond donors (Lipinski definition) is 1. The zero-order valence-corrected chi connectivity index (χ0v) is 8.46. The van der Waals surface area contributed by atoms with Gasteiger partial charge in [-0.15, -0.1) is 13.2 Å². The summed E-state index contributed by atoms with van der Waals surface area (Å²) in [7, 11) is 0. The highest BCUT2D eigenvalue weighted by Gasteiger charge is 2.31. The van der Waals surface area contributed by atoms with Gasteiger partial charge in [0.2, 0.25) is 0 Å². The Morgan fingerprint density at radius 1 is 1.53 bits per heavy atom. The Hall–Kier alpha value is -1.31. The van der Waals surface area contributed by atoms with Gasteiger partial charge in [0, 0.05) is 0 Å². The summed E-state index contributed by atoms with van der Waals surface area (Å²) >= 11 is 2.78. The summed E-state index contributed by atoms with van der Waals surface area (Å²) in [6.07, 6.45) is -4.10. The largest absolute Gasteiger partial charge is 0.573 e. The van der Waals surface area contributed by atoms with Crippen molar-refractivity contribution in [1.29, 1.82) is 0 Å². The monoisotopic (exact) mass is 285 g/mol. The maximum atomic E-state index is 11.8. The second-order valence-electron chi connectivity index (χ2n) is 2.36. The Morgan fingerprint density at radius 3 is 2.60 bits per heavy atom. The second-order valence-corrected chi connectivity index (χ2v) is 3.11. The van der Waals surface area contributed by atoms with Crippen LogP contribution in [-0.4, -0.2) is 22.4 Å².